The third kappa shape index (κ3) is 2.64. The molecule has 0 aliphatic carbocycles. The summed E-state index contributed by atoms with van der Waals surface area (Å²) in [5.74, 6) is -0.485. The number of halogens is 1. The molecule has 4 aromatic rings. The van der Waals surface area contributed by atoms with Gasteiger partial charge in [-0.25, -0.2) is 4.39 Å². The van der Waals surface area contributed by atoms with Crippen molar-refractivity contribution in [2.24, 2.45) is 0 Å². The summed E-state index contributed by atoms with van der Waals surface area (Å²) in [5, 5.41) is 10.1. The van der Waals surface area contributed by atoms with Gasteiger partial charge in [0.05, 0.1) is 11.3 Å². The number of pyridine rings is 1. The van der Waals surface area contributed by atoms with E-state index in [1.807, 2.05) is 36.5 Å². The van der Waals surface area contributed by atoms with Crippen LogP contribution in [0.15, 0.2) is 67.0 Å². The summed E-state index contributed by atoms with van der Waals surface area (Å²) < 4.78 is 16.2. The highest BCUT2D eigenvalue weighted by molar-refractivity contribution is 5.91. The molecule has 0 aliphatic rings. The van der Waals surface area contributed by atoms with Crippen LogP contribution in [0.2, 0.25) is 0 Å². The minimum Gasteiger partial charge on any atom is -0.336 e. The van der Waals surface area contributed by atoms with Gasteiger partial charge in [0, 0.05) is 35.4 Å². The molecule has 0 aliphatic heterocycles. The van der Waals surface area contributed by atoms with Crippen molar-refractivity contribution in [3.63, 3.8) is 0 Å². The molecule has 0 amide bonds. The van der Waals surface area contributed by atoms with E-state index in [0.717, 1.165) is 22.3 Å². The van der Waals surface area contributed by atoms with Crippen LogP contribution in [-0.4, -0.2) is 9.55 Å². The van der Waals surface area contributed by atoms with Gasteiger partial charge in [0.25, 0.3) is 0 Å². The Hall–Kier alpha value is -3.45. The van der Waals surface area contributed by atoms with E-state index in [0.29, 0.717) is 6.54 Å². The Bertz CT molecular complexity index is 1140. The molecule has 0 bridgehead atoms. The van der Waals surface area contributed by atoms with Gasteiger partial charge in [0.15, 0.2) is 0 Å². The third-order valence-electron chi connectivity index (χ3n) is 4.65. The Balaban J connectivity index is 1.91. The molecule has 4 rings (SSSR count). The molecule has 26 heavy (non-hydrogen) atoms. The topological polar surface area (TPSA) is 41.6 Å². The Kier molecular flexibility index (Phi) is 3.98. The van der Waals surface area contributed by atoms with E-state index in [1.54, 1.807) is 12.3 Å². The summed E-state index contributed by atoms with van der Waals surface area (Å²) in [6.45, 7) is 2.61. The molecule has 0 fully saturated rings. The molecule has 0 spiro atoms. The summed E-state index contributed by atoms with van der Waals surface area (Å²) in [7, 11) is 0. The van der Waals surface area contributed by atoms with Crippen molar-refractivity contribution < 1.29 is 4.39 Å². The van der Waals surface area contributed by atoms with Gasteiger partial charge in [-0.05, 0) is 48.4 Å². The first-order valence-corrected chi connectivity index (χ1v) is 8.36. The number of hydrogen-bond donors (Lipinski definition) is 0. The van der Waals surface area contributed by atoms with Gasteiger partial charge in [-0.2, -0.15) is 5.26 Å². The molecule has 0 radical (unpaired) electrons. The van der Waals surface area contributed by atoms with E-state index in [2.05, 4.69) is 28.6 Å². The van der Waals surface area contributed by atoms with Gasteiger partial charge < -0.3 is 4.57 Å². The number of rotatable bonds is 3. The molecular weight excluding hydrogens is 325 g/mol. The lowest BCUT2D eigenvalue weighted by atomic mass is 10.1. The number of hydrogen-bond acceptors (Lipinski definition) is 2. The van der Waals surface area contributed by atoms with Gasteiger partial charge in [-0.3, -0.25) is 4.98 Å². The summed E-state index contributed by atoms with van der Waals surface area (Å²) in [5.41, 5.74) is 5.23. The van der Waals surface area contributed by atoms with Gasteiger partial charge in [0.2, 0.25) is 0 Å². The maximum absolute atomic E-state index is 14.1. The molecule has 2 aromatic carbocycles. The molecule has 3 nitrogen and oxygen atoms in total. The fourth-order valence-electron chi connectivity index (χ4n) is 3.45. The molecule has 4 heteroatoms. The second-order valence-corrected chi connectivity index (χ2v) is 6.24. The highest BCUT2D eigenvalue weighted by atomic mass is 19.1. The standard InChI is InChI=1S/C22H16FN3/c1-15-19-6-2-3-7-21(19)26(22(15)18-5-4-10-25-13-18)14-16-8-9-17(12-24)20(23)11-16/h2-11,13H,14H2,1H3. The largest absolute Gasteiger partial charge is 0.336 e. The van der Waals surface area contributed by atoms with Crippen LogP contribution < -0.4 is 0 Å². The number of nitrogens with zero attached hydrogens (tertiary/aromatic N) is 3. The predicted molar refractivity (Wildman–Crippen MR) is 100 cm³/mol. The zero-order valence-electron chi connectivity index (χ0n) is 14.3. The Morgan fingerprint density at radius 3 is 2.69 bits per heavy atom. The average Bonchev–Trinajstić information content (AvgIpc) is 2.95. The van der Waals surface area contributed by atoms with Crippen molar-refractivity contribution in [3.8, 4) is 17.3 Å². The number of nitriles is 1. The minimum atomic E-state index is -0.485. The summed E-state index contributed by atoms with van der Waals surface area (Å²) in [4.78, 5) is 4.25. The number of aromatic nitrogens is 2. The zero-order chi connectivity index (χ0) is 18.1. The van der Waals surface area contributed by atoms with Gasteiger partial charge in [-0.15, -0.1) is 0 Å². The Morgan fingerprint density at radius 1 is 1.12 bits per heavy atom. The van der Waals surface area contributed by atoms with E-state index in [9.17, 15) is 4.39 Å². The molecule has 2 heterocycles. The van der Waals surface area contributed by atoms with Crippen LogP contribution >= 0.6 is 0 Å². The van der Waals surface area contributed by atoms with Crippen molar-refractivity contribution in [2.45, 2.75) is 13.5 Å². The third-order valence-corrected chi connectivity index (χ3v) is 4.65. The van der Waals surface area contributed by atoms with Crippen LogP contribution in [0.1, 0.15) is 16.7 Å². The number of aryl methyl sites for hydroxylation is 1. The number of fused-ring (bicyclic) bond motifs is 1. The van der Waals surface area contributed by atoms with Crippen LogP contribution in [0.4, 0.5) is 4.39 Å². The fourth-order valence-corrected chi connectivity index (χ4v) is 3.45. The molecule has 0 atom stereocenters. The van der Waals surface area contributed by atoms with Crippen LogP contribution in [-0.2, 0) is 6.54 Å². The second kappa shape index (κ2) is 6.45. The molecule has 0 N–H and O–H groups in total. The molecule has 0 unspecified atom stereocenters. The van der Waals surface area contributed by atoms with Gasteiger partial charge in [0.1, 0.15) is 11.9 Å². The van der Waals surface area contributed by atoms with E-state index < -0.39 is 5.82 Å². The maximum Gasteiger partial charge on any atom is 0.141 e. The van der Waals surface area contributed by atoms with Gasteiger partial charge in [-0.1, -0.05) is 24.3 Å². The van der Waals surface area contributed by atoms with Crippen LogP contribution in [0.5, 0.6) is 0 Å². The van der Waals surface area contributed by atoms with E-state index in [-0.39, 0.29) is 5.56 Å². The Morgan fingerprint density at radius 2 is 1.96 bits per heavy atom. The van der Waals surface area contributed by atoms with Crippen molar-refractivity contribution in [1.29, 1.82) is 5.26 Å². The lowest BCUT2D eigenvalue weighted by Gasteiger charge is -2.12. The van der Waals surface area contributed by atoms with Crippen molar-refractivity contribution >= 4 is 10.9 Å². The van der Waals surface area contributed by atoms with E-state index in [4.69, 9.17) is 5.26 Å². The van der Waals surface area contributed by atoms with Crippen molar-refractivity contribution in [2.75, 3.05) is 0 Å². The molecule has 0 saturated carbocycles. The summed E-state index contributed by atoms with van der Waals surface area (Å²) in [6, 6.07) is 18.8. The predicted octanol–water partition coefficient (Wildman–Crippen LogP) is 5.07. The normalized spacial score (nSPS) is 10.8. The first-order valence-electron chi connectivity index (χ1n) is 8.36. The molecule has 2 aromatic heterocycles. The number of benzene rings is 2. The zero-order valence-corrected chi connectivity index (χ0v) is 14.3. The number of para-hydroxylation sites is 1. The quantitative estimate of drug-likeness (QED) is 0.522. The van der Waals surface area contributed by atoms with Crippen molar-refractivity contribution in [1.82, 2.24) is 9.55 Å². The molecule has 126 valence electrons. The summed E-state index contributed by atoms with van der Waals surface area (Å²) >= 11 is 0. The highest BCUT2D eigenvalue weighted by Crippen LogP contribution is 2.33. The van der Waals surface area contributed by atoms with Crippen LogP contribution in [0, 0.1) is 24.1 Å². The SMILES string of the molecule is Cc1c(-c2cccnc2)n(Cc2ccc(C#N)c(F)c2)c2ccccc12. The van der Waals surface area contributed by atoms with E-state index in [1.165, 1.54) is 23.1 Å². The van der Waals surface area contributed by atoms with Gasteiger partial charge >= 0.3 is 0 Å². The lowest BCUT2D eigenvalue weighted by Crippen LogP contribution is -2.03. The van der Waals surface area contributed by atoms with Crippen molar-refractivity contribution in [3.05, 3.63) is 89.5 Å². The van der Waals surface area contributed by atoms with E-state index >= 15 is 0 Å². The first-order chi connectivity index (χ1) is 12.7. The monoisotopic (exact) mass is 341 g/mol. The maximum atomic E-state index is 14.1. The van der Waals surface area contributed by atoms with Crippen LogP contribution in [0.3, 0.4) is 0 Å². The first kappa shape index (κ1) is 16.0. The summed E-state index contributed by atoms with van der Waals surface area (Å²) in [6.07, 6.45) is 3.60. The molecular formula is C22H16FN3. The minimum absolute atomic E-state index is 0.0646. The van der Waals surface area contributed by atoms with Crippen LogP contribution in [0.25, 0.3) is 22.2 Å². The average molecular weight is 341 g/mol. The Labute approximate surface area is 151 Å². The smallest absolute Gasteiger partial charge is 0.141 e. The molecule has 0 saturated heterocycles. The second-order valence-electron chi connectivity index (χ2n) is 6.24. The fraction of sp³-hybridized carbons (Fsp3) is 0.0909. The lowest BCUT2D eigenvalue weighted by molar-refractivity contribution is 0.620. The highest BCUT2D eigenvalue weighted by Gasteiger charge is 2.16.